The summed E-state index contributed by atoms with van der Waals surface area (Å²) in [5.41, 5.74) is 4.86. The molecule has 1 heterocycles. The summed E-state index contributed by atoms with van der Waals surface area (Å²) in [6.45, 7) is 0. The molecule has 0 aliphatic rings. The van der Waals surface area contributed by atoms with Crippen molar-refractivity contribution in [3.8, 4) is 0 Å². The van der Waals surface area contributed by atoms with Gasteiger partial charge in [-0.3, -0.25) is 4.98 Å². The standard InChI is InChI=1S/C5H7N5O/c6-5(11)10(7)4-3-8-1-2-9-4/h1-3H,7H2,(H2,6,11). The van der Waals surface area contributed by atoms with Crippen molar-refractivity contribution in [3.05, 3.63) is 18.6 Å². The molecule has 0 radical (unpaired) electrons. The molecule has 11 heavy (non-hydrogen) atoms. The van der Waals surface area contributed by atoms with Gasteiger partial charge in [-0.05, 0) is 0 Å². The third-order valence-electron chi connectivity index (χ3n) is 1.03. The van der Waals surface area contributed by atoms with Gasteiger partial charge in [-0.15, -0.1) is 0 Å². The second-order valence-electron chi connectivity index (χ2n) is 1.77. The maximum atomic E-state index is 10.5. The number of amides is 2. The molecule has 1 rings (SSSR count). The van der Waals surface area contributed by atoms with Gasteiger partial charge in [0.05, 0.1) is 6.20 Å². The van der Waals surface area contributed by atoms with E-state index in [2.05, 4.69) is 9.97 Å². The van der Waals surface area contributed by atoms with E-state index >= 15 is 0 Å². The molecule has 0 aromatic carbocycles. The molecule has 0 aliphatic heterocycles. The zero-order valence-corrected chi connectivity index (χ0v) is 5.64. The minimum absolute atomic E-state index is 0.222. The Balaban J connectivity index is 2.85. The van der Waals surface area contributed by atoms with Gasteiger partial charge in [0.1, 0.15) is 0 Å². The lowest BCUT2D eigenvalue weighted by atomic mass is 10.6. The highest BCUT2D eigenvalue weighted by atomic mass is 16.2. The van der Waals surface area contributed by atoms with E-state index in [9.17, 15) is 4.79 Å². The maximum Gasteiger partial charge on any atom is 0.335 e. The van der Waals surface area contributed by atoms with E-state index in [1.165, 1.54) is 18.6 Å². The van der Waals surface area contributed by atoms with Crippen LogP contribution in [0.3, 0.4) is 0 Å². The van der Waals surface area contributed by atoms with Crippen molar-refractivity contribution < 1.29 is 4.79 Å². The molecule has 0 saturated carbocycles. The number of urea groups is 1. The Labute approximate surface area is 62.8 Å². The summed E-state index contributed by atoms with van der Waals surface area (Å²) in [5, 5.41) is 0.715. The Morgan fingerprint density at radius 3 is 2.73 bits per heavy atom. The van der Waals surface area contributed by atoms with Crippen molar-refractivity contribution in [2.24, 2.45) is 11.6 Å². The predicted octanol–water partition coefficient (Wildman–Crippen LogP) is -0.765. The van der Waals surface area contributed by atoms with E-state index in [-0.39, 0.29) is 5.82 Å². The highest BCUT2D eigenvalue weighted by Gasteiger charge is 2.06. The minimum Gasteiger partial charge on any atom is -0.350 e. The second-order valence-corrected chi connectivity index (χ2v) is 1.77. The average Bonchev–Trinajstić information content (AvgIpc) is 2.05. The summed E-state index contributed by atoms with van der Waals surface area (Å²) in [4.78, 5) is 17.9. The van der Waals surface area contributed by atoms with Crippen LogP contribution >= 0.6 is 0 Å². The second kappa shape index (κ2) is 2.93. The number of aromatic nitrogens is 2. The molecule has 4 N–H and O–H groups in total. The van der Waals surface area contributed by atoms with Gasteiger partial charge in [0.25, 0.3) is 0 Å². The normalized spacial score (nSPS) is 9.18. The van der Waals surface area contributed by atoms with E-state index in [1.54, 1.807) is 0 Å². The van der Waals surface area contributed by atoms with Gasteiger partial charge >= 0.3 is 6.03 Å². The van der Waals surface area contributed by atoms with Crippen molar-refractivity contribution in [2.75, 3.05) is 5.01 Å². The van der Waals surface area contributed by atoms with Crippen molar-refractivity contribution in [2.45, 2.75) is 0 Å². The number of primary amides is 1. The Bertz CT molecular complexity index is 248. The van der Waals surface area contributed by atoms with Crippen LogP contribution in [0.4, 0.5) is 10.6 Å². The first-order valence-corrected chi connectivity index (χ1v) is 2.82. The summed E-state index contributed by atoms with van der Waals surface area (Å²) in [6.07, 6.45) is 4.22. The van der Waals surface area contributed by atoms with Crippen LogP contribution in [-0.2, 0) is 0 Å². The number of hydrogen-bond acceptors (Lipinski definition) is 4. The van der Waals surface area contributed by atoms with Crippen LogP contribution in [0.2, 0.25) is 0 Å². The average molecular weight is 153 g/mol. The number of carbonyl (C=O) groups excluding carboxylic acids is 1. The summed E-state index contributed by atoms with van der Waals surface area (Å²) in [7, 11) is 0. The third-order valence-corrected chi connectivity index (χ3v) is 1.03. The number of rotatable bonds is 1. The molecule has 0 fully saturated rings. The number of anilines is 1. The van der Waals surface area contributed by atoms with Crippen LogP contribution in [0.15, 0.2) is 18.6 Å². The highest BCUT2D eigenvalue weighted by molar-refractivity contribution is 5.87. The van der Waals surface area contributed by atoms with Crippen molar-refractivity contribution in [3.63, 3.8) is 0 Å². The zero-order valence-electron chi connectivity index (χ0n) is 5.64. The fourth-order valence-corrected chi connectivity index (χ4v) is 0.529. The monoisotopic (exact) mass is 153 g/mol. The molecule has 2 amide bonds. The fraction of sp³-hybridized carbons (Fsp3) is 0. The van der Waals surface area contributed by atoms with Gasteiger partial charge in [0.15, 0.2) is 5.82 Å². The van der Waals surface area contributed by atoms with Crippen LogP contribution < -0.4 is 16.6 Å². The largest absolute Gasteiger partial charge is 0.350 e. The van der Waals surface area contributed by atoms with Crippen molar-refractivity contribution in [1.29, 1.82) is 0 Å². The molecular formula is C5H7N5O. The Morgan fingerprint density at radius 1 is 1.55 bits per heavy atom. The van der Waals surface area contributed by atoms with Crippen molar-refractivity contribution in [1.82, 2.24) is 9.97 Å². The summed E-state index contributed by atoms with van der Waals surface area (Å²) in [6, 6.07) is -0.773. The van der Waals surface area contributed by atoms with Gasteiger partial charge in [0, 0.05) is 12.4 Å². The fourth-order valence-electron chi connectivity index (χ4n) is 0.529. The van der Waals surface area contributed by atoms with E-state index in [0.717, 1.165) is 0 Å². The molecule has 1 aromatic heterocycles. The van der Waals surface area contributed by atoms with Gasteiger partial charge in [-0.2, -0.15) is 0 Å². The quantitative estimate of drug-likeness (QED) is 0.314. The summed E-state index contributed by atoms with van der Waals surface area (Å²) < 4.78 is 0. The molecule has 0 spiro atoms. The molecule has 0 aliphatic carbocycles. The lowest BCUT2D eigenvalue weighted by Gasteiger charge is -2.10. The summed E-state index contributed by atoms with van der Waals surface area (Å²) >= 11 is 0. The first kappa shape index (κ1) is 7.42. The van der Waals surface area contributed by atoms with Gasteiger partial charge < -0.3 is 5.73 Å². The van der Waals surface area contributed by atoms with Crippen LogP contribution in [0, 0.1) is 0 Å². The number of nitrogens with zero attached hydrogens (tertiary/aromatic N) is 3. The van der Waals surface area contributed by atoms with E-state index in [1.807, 2.05) is 0 Å². The minimum atomic E-state index is -0.773. The molecule has 0 atom stereocenters. The molecule has 0 unspecified atom stereocenters. The number of hydrazine groups is 1. The summed E-state index contributed by atoms with van der Waals surface area (Å²) in [5.74, 6) is 5.42. The molecule has 58 valence electrons. The number of hydrogen-bond donors (Lipinski definition) is 2. The lowest BCUT2D eigenvalue weighted by molar-refractivity contribution is 0.254. The van der Waals surface area contributed by atoms with Crippen LogP contribution in [0.25, 0.3) is 0 Å². The number of nitrogens with two attached hydrogens (primary N) is 2. The van der Waals surface area contributed by atoms with Crippen molar-refractivity contribution >= 4 is 11.8 Å². The van der Waals surface area contributed by atoms with E-state index < -0.39 is 6.03 Å². The topological polar surface area (TPSA) is 98.1 Å². The Hall–Kier alpha value is -1.69. The van der Waals surface area contributed by atoms with Gasteiger partial charge in [0.2, 0.25) is 0 Å². The van der Waals surface area contributed by atoms with Gasteiger partial charge in [-0.1, -0.05) is 0 Å². The van der Waals surface area contributed by atoms with E-state index in [0.29, 0.717) is 5.01 Å². The van der Waals surface area contributed by atoms with E-state index in [4.69, 9.17) is 11.6 Å². The highest BCUT2D eigenvalue weighted by Crippen LogP contribution is 2.00. The molecule has 0 saturated heterocycles. The molecular weight excluding hydrogens is 146 g/mol. The SMILES string of the molecule is NC(=O)N(N)c1cnccn1. The Morgan fingerprint density at radius 2 is 2.27 bits per heavy atom. The first-order chi connectivity index (χ1) is 5.22. The number of carbonyl (C=O) groups is 1. The van der Waals surface area contributed by atoms with Crippen LogP contribution in [0.5, 0.6) is 0 Å². The zero-order chi connectivity index (χ0) is 8.27. The third kappa shape index (κ3) is 1.62. The van der Waals surface area contributed by atoms with Crippen LogP contribution in [0.1, 0.15) is 0 Å². The molecule has 6 heteroatoms. The molecule has 0 bridgehead atoms. The predicted molar refractivity (Wildman–Crippen MR) is 38.3 cm³/mol. The van der Waals surface area contributed by atoms with Gasteiger partial charge in [-0.25, -0.2) is 20.6 Å². The van der Waals surface area contributed by atoms with Crippen LogP contribution in [-0.4, -0.2) is 16.0 Å². The lowest BCUT2D eigenvalue weighted by Crippen LogP contribution is -2.42. The maximum absolute atomic E-state index is 10.5. The Kier molecular flexibility index (Phi) is 1.98. The first-order valence-electron chi connectivity index (χ1n) is 2.82. The molecule has 1 aromatic rings. The smallest absolute Gasteiger partial charge is 0.335 e. The molecule has 6 nitrogen and oxygen atoms in total.